The number of nitrogens with zero attached hydrogens (tertiary/aromatic N) is 1. The maximum Gasteiger partial charge on any atom is 0.248 e. The fourth-order valence-electron chi connectivity index (χ4n) is 1.93. The number of amides is 1. The lowest BCUT2D eigenvalue weighted by molar-refractivity contribution is -0.111. The average molecular weight is 278 g/mol. The number of carbonyl (C=O) groups excluding carboxylic acids is 1. The number of rotatable bonds is 3. The van der Waals surface area contributed by atoms with E-state index in [1.807, 2.05) is 55.5 Å². The van der Waals surface area contributed by atoms with Gasteiger partial charge in [0.15, 0.2) is 5.58 Å². The van der Waals surface area contributed by atoms with Crippen molar-refractivity contribution in [3.05, 3.63) is 66.1 Å². The van der Waals surface area contributed by atoms with Crippen LogP contribution in [0, 0.1) is 6.92 Å². The first-order valence-electron chi connectivity index (χ1n) is 6.62. The highest BCUT2D eigenvalue weighted by Gasteiger charge is 2.02. The molecule has 2 aromatic carbocycles. The third-order valence-corrected chi connectivity index (χ3v) is 3.01. The van der Waals surface area contributed by atoms with E-state index in [0.717, 1.165) is 16.8 Å². The summed E-state index contributed by atoms with van der Waals surface area (Å²) in [5.41, 5.74) is 3.38. The van der Waals surface area contributed by atoms with Gasteiger partial charge in [-0.2, -0.15) is 0 Å². The van der Waals surface area contributed by atoms with Gasteiger partial charge in [-0.3, -0.25) is 4.79 Å². The van der Waals surface area contributed by atoms with E-state index in [4.69, 9.17) is 4.42 Å². The predicted molar refractivity (Wildman–Crippen MR) is 82.9 cm³/mol. The van der Waals surface area contributed by atoms with Crippen LogP contribution in [-0.2, 0) is 4.79 Å². The monoisotopic (exact) mass is 278 g/mol. The summed E-state index contributed by atoms with van der Waals surface area (Å²) in [6, 6.07) is 15.1. The van der Waals surface area contributed by atoms with Gasteiger partial charge in [0.1, 0.15) is 5.52 Å². The van der Waals surface area contributed by atoms with Crippen LogP contribution in [0.1, 0.15) is 11.5 Å². The Morgan fingerprint density at radius 1 is 1.14 bits per heavy atom. The summed E-state index contributed by atoms with van der Waals surface area (Å²) < 4.78 is 5.51. The molecule has 0 saturated carbocycles. The van der Waals surface area contributed by atoms with Crippen LogP contribution in [-0.4, -0.2) is 10.9 Å². The van der Waals surface area contributed by atoms with Crippen LogP contribution < -0.4 is 5.32 Å². The average Bonchev–Trinajstić information content (AvgIpc) is 2.90. The molecule has 0 spiro atoms. The number of oxazole rings is 1. The van der Waals surface area contributed by atoms with Gasteiger partial charge >= 0.3 is 0 Å². The first-order valence-corrected chi connectivity index (χ1v) is 6.62. The highest BCUT2D eigenvalue weighted by Crippen LogP contribution is 2.15. The van der Waals surface area contributed by atoms with Gasteiger partial charge in [-0.1, -0.05) is 29.8 Å². The Hall–Kier alpha value is -2.88. The van der Waals surface area contributed by atoms with E-state index < -0.39 is 0 Å². The summed E-state index contributed by atoms with van der Waals surface area (Å²) in [7, 11) is 0. The molecule has 0 saturated heterocycles. The third kappa shape index (κ3) is 3.17. The quantitative estimate of drug-likeness (QED) is 0.742. The highest BCUT2D eigenvalue weighted by atomic mass is 16.3. The number of carbonyl (C=O) groups is 1. The fraction of sp³-hybridized carbons (Fsp3) is 0.0588. The van der Waals surface area contributed by atoms with E-state index in [2.05, 4.69) is 10.3 Å². The van der Waals surface area contributed by atoms with Crippen LogP contribution >= 0.6 is 0 Å². The van der Waals surface area contributed by atoms with Gasteiger partial charge < -0.3 is 9.73 Å². The maximum absolute atomic E-state index is 11.8. The molecule has 3 aromatic rings. The zero-order valence-corrected chi connectivity index (χ0v) is 11.5. The molecule has 0 fully saturated rings. The van der Waals surface area contributed by atoms with Gasteiger partial charge in [0.25, 0.3) is 0 Å². The molecular formula is C17H14N2O2. The van der Waals surface area contributed by atoms with E-state index in [9.17, 15) is 4.79 Å². The van der Waals surface area contributed by atoms with E-state index in [1.165, 1.54) is 6.08 Å². The number of fused-ring (bicyclic) bond motifs is 1. The third-order valence-electron chi connectivity index (χ3n) is 3.01. The maximum atomic E-state index is 11.8. The number of aryl methyl sites for hydroxylation is 1. The van der Waals surface area contributed by atoms with Crippen molar-refractivity contribution in [3.63, 3.8) is 0 Å². The molecule has 0 aliphatic rings. The summed E-state index contributed by atoms with van der Waals surface area (Å²) in [5.74, 6) is 0.191. The van der Waals surface area contributed by atoms with Crippen LogP contribution in [0.2, 0.25) is 0 Å². The second-order valence-corrected chi connectivity index (χ2v) is 4.71. The van der Waals surface area contributed by atoms with Crippen molar-refractivity contribution in [2.75, 3.05) is 5.32 Å². The minimum Gasteiger partial charge on any atom is -0.437 e. The Bertz CT molecular complexity index is 768. The molecule has 21 heavy (non-hydrogen) atoms. The minimum atomic E-state index is -0.221. The van der Waals surface area contributed by atoms with Crippen molar-refractivity contribution in [2.24, 2.45) is 0 Å². The van der Waals surface area contributed by atoms with Gasteiger partial charge in [-0.15, -0.1) is 0 Å². The zero-order valence-electron chi connectivity index (χ0n) is 11.5. The molecule has 4 nitrogen and oxygen atoms in total. The van der Waals surface area contributed by atoms with E-state index in [-0.39, 0.29) is 5.91 Å². The van der Waals surface area contributed by atoms with Crippen molar-refractivity contribution < 1.29 is 9.21 Å². The summed E-state index contributed by atoms with van der Waals surface area (Å²) in [6.45, 7) is 2.00. The van der Waals surface area contributed by atoms with Crippen LogP contribution in [0.3, 0.4) is 0 Å². The molecule has 4 heteroatoms. The van der Waals surface area contributed by atoms with Gasteiger partial charge in [0, 0.05) is 17.8 Å². The summed E-state index contributed by atoms with van der Waals surface area (Å²) in [6.07, 6.45) is 2.97. The Labute approximate surface area is 122 Å². The lowest BCUT2D eigenvalue weighted by Crippen LogP contribution is -2.07. The number of hydrogen-bond acceptors (Lipinski definition) is 3. The topological polar surface area (TPSA) is 55.1 Å². The van der Waals surface area contributed by atoms with Crippen LogP contribution in [0.4, 0.5) is 5.69 Å². The number of nitrogens with one attached hydrogen (secondary N) is 1. The molecule has 3 rings (SSSR count). The second kappa shape index (κ2) is 5.63. The minimum absolute atomic E-state index is 0.221. The van der Waals surface area contributed by atoms with Gasteiger partial charge in [-0.05, 0) is 31.2 Å². The number of hydrogen-bond donors (Lipinski definition) is 1. The summed E-state index contributed by atoms with van der Waals surface area (Å²) in [4.78, 5) is 16.1. The largest absolute Gasteiger partial charge is 0.437 e. The van der Waals surface area contributed by atoms with Crippen molar-refractivity contribution in [1.82, 2.24) is 4.98 Å². The Morgan fingerprint density at radius 2 is 1.90 bits per heavy atom. The zero-order chi connectivity index (χ0) is 14.7. The molecule has 0 aliphatic heterocycles. The smallest absolute Gasteiger partial charge is 0.248 e. The Morgan fingerprint density at radius 3 is 2.67 bits per heavy atom. The van der Waals surface area contributed by atoms with Gasteiger partial charge in [0.2, 0.25) is 11.8 Å². The fourth-order valence-corrected chi connectivity index (χ4v) is 1.93. The van der Waals surface area contributed by atoms with Crippen molar-refractivity contribution >= 4 is 28.8 Å². The Balaban J connectivity index is 1.70. The predicted octanol–water partition coefficient (Wildman–Crippen LogP) is 3.79. The normalized spacial score (nSPS) is 11.1. The van der Waals surface area contributed by atoms with E-state index in [1.54, 1.807) is 6.08 Å². The highest BCUT2D eigenvalue weighted by molar-refractivity contribution is 6.01. The molecule has 1 aromatic heterocycles. The second-order valence-electron chi connectivity index (χ2n) is 4.71. The molecule has 0 atom stereocenters. The number of benzene rings is 2. The van der Waals surface area contributed by atoms with Gasteiger partial charge in [0.05, 0.1) is 0 Å². The first-order chi connectivity index (χ1) is 10.2. The Kier molecular flexibility index (Phi) is 3.51. The molecule has 0 aliphatic carbocycles. The summed E-state index contributed by atoms with van der Waals surface area (Å²) in [5, 5.41) is 2.78. The van der Waals surface area contributed by atoms with Crippen LogP contribution in [0.5, 0.6) is 0 Å². The van der Waals surface area contributed by atoms with Crippen molar-refractivity contribution in [1.29, 1.82) is 0 Å². The van der Waals surface area contributed by atoms with Crippen LogP contribution in [0.25, 0.3) is 17.2 Å². The van der Waals surface area contributed by atoms with Crippen molar-refractivity contribution in [2.45, 2.75) is 6.92 Å². The molecule has 0 radical (unpaired) electrons. The summed E-state index contributed by atoms with van der Waals surface area (Å²) >= 11 is 0. The van der Waals surface area contributed by atoms with Gasteiger partial charge in [-0.25, -0.2) is 4.98 Å². The van der Waals surface area contributed by atoms with E-state index >= 15 is 0 Å². The number of para-hydroxylation sites is 2. The molecule has 0 unspecified atom stereocenters. The molecule has 1 amide bonds. The molecular weight excluding hydrogens is 264 g/mol. The molecule has 0 bridgehead atoms. The lowest BCUT2D eigenvalue weighted by Gasteiger charge is -2.01. The molecule has 104 valence electrons. The SMILES string of the molecule is Cc1ccc(NC(=O)/C=C/c2nc3ccccc3o2)cc1. The van der Waals surface area contributed by atoms with E-state index in [0.29, 0.717) is 11.5 Å². The first kappa shape index (κ1) is 13.1. The molecule has 1 heterocycles. The standard InChI is InChI=1S/C17H14N2O2/c1-12-6-8-13(9-7-12)18-16(20)10-11-17-19-14-4-2-3-5-15(14)21-17/h2-11H,1H3,(H,18,20)/b11-10+. The van der Waals surface area contributed by atoms with Crippen LogP contribution in [0.15, 0.2) is 59.0 Å². The number of aromatic nitrogens is 1. The van der Waals surface area contributed by atoms with Crippen molar-refractivity contribution in [3.8, 4) is 0 Å². The molecule has 1 N–H and O–H groups in total. The number of anilines is 1. The lowest BCUT2D eigenvalue weighted by atomic mass is 10.2.